The lowest BCUT2D eigenvalue weighted by atomic mass is 10.1. The molecule has 1 aliphatic heterocycles. The Morgan fingerprint density at radius 2 is 1.88 bits per heavy atom. The first-order valence-electron chi connectivity index (χ1n) is 5.11. The van der Waals surface area contributed by atoms with E-state index in [-0.39, 0.29) is 12.1 Å². The maximum Gasteiger partial charge on any atom is 0.126 e. The fourth-order valence-electron chi connectivity index (χ4n) is 1.94. The maximum absolute atomic E-state index is 13.0. The Morgan fingerprint density at radius 3 is 2.44 bits per heavy atom. The molecule has 2 rings (SSSR count). The molecular weight excluding hydrogens is 232 g/mol. The first-order valence-corrected chi connectivity index (χ1v) is 6.60. The Labute approximate surface area is 95.5 Å². The van der Waals surface area contributed by atoms with Crippen LogP contribution in [-0.2, 0) is 10.8 Å². The highest BCUT2D eigenvalue weighted by atomic mass is 32.2. The zero-order valence-corrected chi connectivity index (χ0v) is 9.69. The number of hydrogen-bond donors (Lipinski definition) is 1. The minimum absolute atomic E-state index is 0.103. The Bertz CT molecular complexity index is 404. The van der Waals surface area contributed by atoms with Crippen LogP contribution in [0.25, 0.3) is 0 Å². The molecule has 1 aromatic rings. The third-order valence-corrected chi connectivity index (χ3v) is 4.14. The van der Waals surface area contributed by atoms with Gasteiger partial charge < -0.3 is 5.32 Å². The zero-order chi connectivity index (χ0) is 11.7. The van der Waals surface area contributed by atoms with Gasteiger partial charge in [0.05, 0.1) is 0 Å². The van der Waals surface area contributed by atoms with Crippen molar-refractivity contribution in [3.05, 3.63) is 35.4 Å². The maximum atomic E-state index is 13.0. The zero-order valence-electron chi connectivity index (χ0n) is 8.87. The van der Waals surface area contributed by atoms with Crippen molar-refractivity contribution >= 4 is 10.8 Å². The molecule has 0 aromatic heterocycles. The summed E-state index contributed by atoms with van der Waals surface area (Å²) in [6.45, 7) is 1.92. The van der Waals surface area contributed by atoms with E-state index in [1.54, 1.807) is 0 Å². The van der Waals surface area contributed by atoms with Crippen LogP contribution in [0.4, 0.5) is 8.78 Å². The number of halogens is 2. The van der Waals surface area contributed by atoms with E-state index in [1.165, 1.54) is 12.1 Å². The molecule has 16 heavy (non-hydrogen) atoms. The van der Waals surface area contributed by atoms with Crippen LogP contribution in [0.5, 0.6) is 0 Å². The molecule has 0 spiro atoms. The number of benzene rings is 1. The normalized spacial score (nSPS) is 30.3. The molecule has 1 aliphatic rings. The quantitative estimate of drug-likeness (QED) is 0.816. The topological polar surface area (TPSA) is 29.1 Å². The van der Waals surface area contributed by atoms with Gasteiger partial charge in [0.1, 0.15) is 11.6 Å². The summed E-state index contributed by atoms with van der Waals surface area (Å²) in [6.07, 6.45) is 0. The molecule has 1 saturated heterocycles. The SMILES string of the molecule is CC1CS(=O)CC(c2cc(F)cc(F)c2)N1. The van der Waals surface area contributed by atoms with E-state index >= 15 is 0 Å². The first kappa shape index (κ1) is 11.7. The number of hydrogen-bond acceptors (Lipinski definition) is 2. The van der Waals surface area contributed by atoms with E-state index in [9.17, 15) is 13.0 Å². The standard InChI is InChI=1S/C11H13F2NOS/c1-7-5-16(15)6-11(14-7)8-2-9(12)4-10(13)3-8/h2-4,7,11,14H,5-6H2,1H3. The molecule has 0 radical (unpaired) electrons. The molecular formula is C11H13F2NOS. The van der Waals surface area contributed by atoms with Crippen molar-refractivity contribution in [1.29, 1.82) is 0 Å². The van der Waals surface area contributed by atoms with Gasteiger partial charge in [0.2, 0.25) is 0 Å². The monoisotopic (exact) mass is 245 g/mol. The van der Waals surface area contributed by atoms with Gasteiger partial charge in [0.15, 0.2) is 0 Å². The van der Waals surface area contributed by atoms with Crippen LogP contribution in [0.1, 0.15) is 18.5 Å². The lowest BCUT2D eigenvalue weighted by molar-refractivity contribution is 0.483. The lowest BCUT2D eigenvalue weighted by Crippen LogP contribution is -2.43. The van der Waals surface area contributed by atoms with Crippen molar-refractivity contribution in [3.63, 3.8) is 0 Å². The molecule has 0 amide bonds. The van der Waals surface area contributed by atoms with Crippen LogP contribution < -0.4 is 5.32 Å². The van der Waals surface area contributed by atoms with Gasteiger partial charge in [-0.05, 0) is 24.6 Å². The van der Waals surface area contributed by atoms with Crippen LogP contribution in [0.3, 0.4) is 0 Å². The molecule has 5 heteroatoms. The molecule has 88 valence electrons. The Morgan fingerprint density at radius 1 is 1.25 bits per heavy atom. The molecule has 0 saturated carbocycles. The Kier molecular flexibility index (Phi) is 3.35. The smallest absolute Gasteiger partial charge is 0.126 e. The predicted octanol–water partition coefficient (Wildman–Crippen LogP) is 1.75. The minimum atomic E-state index is -0.921. The van der Waals surface area contributed by atoms with Crippen molar-refractivity contribution in [2.24, 2.45) is 0 Å². The summed E-state index contributed by atoms with van der Waals surface area (Å²) in [6, 6.07) is 3.29. The van der Waals surface area contributed by atoms with Crippen LogP contribution >= 0.6 is 0 Å². The van der Waals surface area contributed by atoms with Crippen molar-refractivity contribution < 1.29 is 13.0 Å². The van der Waals surface area contributed by atoms with Gasteiger partial charge in [-0.25, -0.2) is 8.78 Å². The van der Waals surface area contributed by atoms with Gasteiger partial charge in [-0.3, -0.25) is 4.21 Å². The molecule has 1 heterocycles. The first-order chi connectivity index (χ1) is 7.54. The predicted molar refractivity (Wildman–Crippen MR) is 59.6 cm³/mol. The second-order valence-corrected chi connectivity index (χ2v) is 5.64. The van der Waals surface area contributed by atoms with Crippen molar-refractivity contribution in [2.75, 3.05) is 11.5 Å². The van der Waals surface area contributed by atoms with Crippen LogP contribution in [-0.4, -0.2) is 21.8 Å². The summed E-state index contributed by atoms with van der Waals surface area (Å²) in [5.74, 6) is -0.191. The Hall–Kier alpha value is -0.810. The van der Waals surface area contributed by atoms with Crippen LogP contribution in [0.2, 0.25) is 0 Å². The van der Waals surface area contributed by atoms with Gasteiger partial charge in [0, 0.05) is 40.5 Å². The lowest BCUT2D eigenvalue weighted by Gasteiger charge is -2.28. The fourth-order valence-corrected chi connectivity index (χ4v) is 3.39. The van der Waals surface area contributed by atoms with Crippen molar-refractivity contribution in [3.8, 4) is 0 Å². The largest absolute Gasteiger partial charge is 0.306 e. The summed E-state index contributed by atoms with van der Waals surface area (Å²) < 4.78 is 37.6. The van der Waals surface area contributed by atoms with Gasteiger partial charge in [0.25, 0.3) is 0 Å². The van der Waals surface area contributed by atoms with Gasteiger partial charge >= 0.3 is 0 Å². The van der Waals surface area contributed by atoms with Crippen LogP contribution in [0.15, 0.2) is 18.2 Å². The van der Waals surface area contributed by atoms with Gasteiger partial charge in [-0.2, -0.15) is 0 Å². The van der Waals surface area contributed by atoms with Crippen molar-refractivity contribution in [1.82, 2.24) is 5.32 Å². The summed E-state index contributed by atoms with van der Waals surface area (Å²) in [5.41, 5.74) is 0.525. The van der Waals surface area contributed by atoms with Crippen LogP contribution in [0, 0.1) is 11.6 Å². The molecule has 0 bridgehead atoms. The average molecular weight is 245 g/mol. The minimum Gasteiger partial charge on any atom is -0.306 e. The van der Waals surface area contributed by atoms with E-state index in [1.807, 2.05) is 6.92 Å². The summed E-state index contributed by atoms with van der Waals surface area (Å²) in [5, 5.41) is 3.19. The van der Waals surface area contributed by atoms with E-state index < -0.39 is 22.4 Å². The Balaban J connectivity index is 2.25. The third kappa shape index (κ3) is 2.65. The van der Waals surface area contributed by atoms with Gasteiger partial charge in [-0.1, -0.05) is 0 Å². The highest BCUT2D eigenvalue weighted by Crippen LogP contribution is 2.21. The van der Waals surface area contributed by atoms with Gasteiger partial charge in [-0.15, -0.1) is 0 Å². The summed E-state index contributed by atoms with van der Waals surface area (Å²) in [4.78, 5) is 0. The molecule has 3 unspecified atom stereocenters. The summed E-state index contributed by atoms with van der Waals surface area (Å²) >= 11 is 0. The molecule has 1 fully saturated rings. The third-order valence-electron chi connectivity index (χ3n) is 2.56. The second kappa shape index (κ2) is 4.59. The summed E-state index contributed by atoms with van der Waals surface area (Å²) in [7, 11) is -0.921. The molecule has 2 nitrogen and oxygen atoms in total. The highest BCUT2D eigenvalue weighted by Gasteiger charge is 2.24. The molecule has 3 atom stereocenters. The van der Waals surface area contributed by atoms with Crippen molar-refractivity contribution in [2.45, 2.75) is 19.0 Å². The molecule has 1 N–H and O–H groups in total. The second-order valence-electron chi connectivity index (χ2n) is 4.10. The van der Waals surface area contributed by atoms with E-state index in [0.717, 1.165) is 6.07 Å². The van der Waals surface area contributed by atoms with E-state index in [4.69, 9.17) is 0 Å². The highest BCUT2D eigenvalue weighted by molar-refractivity contribution is 7.85. The fraction of sp³-hybridized carbons (Fsp3) is 0.455. The number of nitrogens with one attached hydrogen (secondary N) is 1. The van der Waals surface area contributed by atoms with E-state index in [0.29, 0.717) is 17.1 Å². The molecule has 1 aromatic carbocycles. The number of rotatable bonds is 1. The molecule has 0 aliphatic carbocycles. The van der Waals surface area contributed by atoms with E-state index in [2.05, 4.69) is 5.32 Å². The average Bonchev–Trinajstić information content (AvgIpc) is 2.14.